The van der Waals surface area contributed by atoms with Gasteiger partial charge in [0.05, 0.1) is 35.0 Å². The Kier molecular flexibility index (Phi) is 4.79. The van der Waals surface area contributed by atoms with E-state index >= 15 is 0 Å². The standard InChI is InChI=1S/C19H23NO5/c1-21-14-6-5-13-12(7-8-25-18(13)17(14)20)11-9-15(22-2)19(24-4)16(10-11)23-3/h5-6,9-10,12H,7-8,20H2,1-4H3. The number of ether oxygens (including phenoxy) is 5. The zero-order valence-corrected chi connectivity index (χ0v) is 14.9. The molecule has 0 aliphatic carbocycles. The van der Waals surface area contributed by atoms with E-state index < -0.39 is 0 Å². The fourth-order valence-electron chi connectivity index (χ4n) is 3.29. The van der Waals surface area contributed by atoms with Crippen LogP contribution in [0.1, 0.15) is 23.5 Å². The van der Waals surface area contributed by atoms with Crippen molar-refractivity contribution in [1.82, 2.24) is 0 Å². The highest BCUT2D eigenvalue weighted by atomic mass is 16.5. The minimum Gasteiger partial charge on any atom is -0.494 e. The molecule has 0 saturated carbocycles. The quantitative estimate of drug-likeness (QED) is 0.839. The molecule has 0 saturated heterocycles. The van der Waals surface area contributed by atoms with Gasteiger partial charge in [-0.2, -0.15) is 0 Å². The fourth-order valence-corrected chi connectivity index (χ4v) is 3.29. The van der Waals surface area contributed by atoms with Gasteiger partial charge in [-0.1, -0.05) is 6.07 Å². The molecule has 6 nitrogen and oxygen atoms in total. The van der Waals surface area contributed by atoms with E-state index in [2.05, 4.69) is 0 Å². The summed E-state index contributed by atoms with van der Waals surface area (Å²) in [6.45, 7) is 0.575. The Morgan fingerprint density at radius 2 is 1.56 bits per heavy atom. The van der Waals surface area contributed by atoms with Gasteiger partial charge in [0, 0.05) is 11.5 Å². The molecule has 6 heteroatoms. The van der Waals surface area contributed by atoms with E-state index in [1.165, 1.54) is 0 Å². The third-order valence-corrected chi connectivity index (χ3v) is 4.52. The zero-order valence-electron chi connectivity index (χ0n) is 14.9. The molecule has 2 aromatic carbocycles. The smallest absolute Gasteiger partial charge is 0.203 e. The minimum absolute atomic E-state index is 0.116. The Morgan fingerprint density at radius 1 is 0.920 bits per heavy atom. The van der Waals surface area contributed by atoms with Gasteiger partial charge in [0.25, 0.3) is 0 Å². The third kappa shape index (κ3) is 2.88. The van der Waals surface area contributed by atoms with Crippen LogP contribution in [0.3, 0.4) is 0 Å². The van der Waals surface area contributed by atoms with E-state index in [-0.39, 0.29) is 5.92 Å². The number of benzene rings is 2. The van der Waals surface area contributed by atoms with Crippen molar-refractivity contribution in [3.05, 3.63) is 35.4 Å². The summed E-state index contributed by atoms with van der Waals surface area (Å²) < 4.78 is 27.5. The molecule has 1 aliphatic rings. The number of fused-ring (bicyclic) bond motifs is 1. The summed E-state index contributed by atoms with van der Waals surface area (Å²) >= 11 is 0. The van der Waals surface area contributed by atoms with Crippen molar-refractivity contribution in [2.45, 2.75) is 12.3 Å². The number of nitrogen functional groups attached to an aromatic ring is 1. The Hall–Kier alpha value is -2.76. The molecule has 25 heavy (non-hydrogen) atoms. The molecule has 2 aromatic rings. The molecular weight excluding hydrogens is 322 g/mol. The minimum atomic E-state index is 0.116. The van der Waals surface area contributed by atoms with Gasteiger partial charge in [-0.25, -0.2) is 0 Å². The Morgan fingerprint density at radius 3 is 2.12 bits per heavy atom. The summed E-state index contributed by atoms with van der Waals surface area (Å²) in [5, 5.41) is 0. The second-order valence-electron chi connectivity index (χ2n) is 5.75. The highest BCUT2D eigenvalue weighted by Crippen LogP contribution is 2.47. The molecule has 0 fully saturated rings. The average molecular weight is 345 g/mol. The first-order chi connectivity index (χ1) is 12.1. The fraction of sp³-hybridized carbons (Fsp3) is 0.368. The van der Waals surface area contributed by atoms with Crippen LogP contribution >= 0.6 is 0 Å². The van der Waals surface area contributed by atoms with Gasteiger partial charge >= 0.3 is 0 Å². The van der Waals surface area contributed by atoms with Crippen LogP contribution in [0.5, 0.6) is 28.7 Å². The largest absolute Gasteiger partial charge is 0.494 e. The van der Waals surface area contributed by atoms with Crippen molar-refractivity contribution in [2.24, 2.45) is 0 Å². The average Bonchev–Trinajstić information content (AvgIpc) is 2.66. The summed E-state index contributed by atoms with van der Waals surface area (Å²) in [7, 11) is 6.41. The lowest BCUT2D eigenvalue weighted by Crippen LogP contribution is -2.17. The predicted molar refractivity (Wildman–Crippen MR) is 95.5 cm³/mol. The van der Waals surface area contributed by atoms with Gasteiger partial charge in [-0.3, -0.25) is 0 Å². The first kappa shape index (κ1) is 17.1. The second kappa shape index (κ2) is 7.01. The number of hydrogen-bond acceptors (Lipinski definition) is 6. The van der Waals surface area contributed by atoms with Crippen molar-refractivity contribution in [3.8, 4) is 28.7 Å². The molecule has 1 aliphatic heterocycles. The molecule has 1 unspecified atom stereocenters. The summed E-state index contributed by atoms with van der Waals surface area (Å²) in [6, 6.07) is 7.81. The second-order valence-corrected chi connectivity index (χ2v) is 5.75. The number of hydrogen-bond donors (Lipinski definition) is 1. The number of methoxy groups -OCH3 is 4. The van der Waals surface area contributed by atoms with Gasteiger partial charge in [0.15, 0.2) is 11.5 Å². The monoisotopic (exact) mass is 345 g/mol. The molecule has 0 radical (unpaired) electrons. The predicted octanol–water partition coefficient (Wildman–Crippen LogP) is 3.22. The number of rotatable bonds is 5. The van der Waals surface area contributed by atoms with E-state index in [9.17, 15) is 0 Å². The number of nitrogens with two attached hydrogens (primary N) is 1. The van der Waals surface area contributed by atoms with Crippen molar-refractivity contribution in [2.75, 3.05) is 40.8 Å². The van der Waals surface area contributed by atoms with E-state index in [1.807, 2.05) is 24.3 Å². The van der Waals surface area contributed by atoms with Crippen LogP contribution in [0.4, 0.5) is 5.69 Å². The molecule has 0 spiro atoms. The van der Waals surface area contributed by atoms with Crippen molar-refractivity contribution in [3.63, 3.8) is 0 Å². The summed E-state index contributed by atoms with van der Waals surface area (Å²) in [6.07, 6.45) is 0.831. The molecule has 1 atom stereocenters. The first-order valence-corrected chi connectivity index (χ1v) is 8.03. The van der Waals surface area contributed by atoms with Crippen molar-refractivity contribution < 1.29 is 23.7 Å². The summed E-state index contributed by atoms with van der Waals surface area (Å²) in [5.41, 5.74) is 8.80. The maximum atomic E-state index is 6.19. The van der Waals surface area contributed by atoms with Crippen molar-refractivity contribution in [1.29, 1.82) is 0 Å². The maximum absolute atomic E-state index is 6.19. The highest BCUT2D eigenvalue weighted by Gasteiger charge is 2.28. The summed E-state index contributed by atoms with van der Waals surface area (Å²) in [4.78, 5) is 0. The zero-order chi connectivity index (χ0) is 18.0. The van der Waals surface area contributed by atoms with Crippen LogP contribution in [0.25, 0.3) is 0 Å². The SMILES string of the molecule is COc1ccc2c(c1N)OCCC2c1cc(OC)c(OC)c(OC)c1. The molecule has 0 amide bonds. The Balaban J connectivity index is 2.12. The topological polar surface area (TPSA) is 72.2 Å². The van der Waals surface area contributed by atoms with Crippen LogP contribution in [-0.2, 0) is 0 Å². The first-order valence-electron chi connectivity index (χ1n) is 8.03. The molecule has 134 valence electrons. The van der Waals surface area contributed by atoms with Crippen LogP contribution in [0.2, 0.25) is 0 Å². The Bertz CT molecular complexity index is 750. The molecule has 2 N–H and O–H groups in total. The Labute approximate surface area is 147 Å². The van der Waals surface area contributed by atoms with Crippen molar-refractivity contribution >= 4 is 5.69 Å². The number of anilines is 1. The lowest BCUT2D eigenvalue weighted by molar-refractivity contribution is 0.276. The van der Waals surface area contributed by atoms with E-state index in [0.29, 0.717) is 41.0 Å². The highest BCUT2D eigenvalue weighted by molar-refractivity contribution is 5.68. The normalized spacial score (nSPS) is 15.8. The maximum Gasteiger partial charge on any atom is 0.203 e. The molecule has 0 bridgehead atoms. The molecular formula is C19H23NO5. The van der Waals surface area contributed by atoms with Crippen LogP contribution in [0.15, 0.2) is 24.3 Å². The third-order valence-electron chi connectivity index (χ3n) is 4.52. The molecule has 0 aromatic heterocycles. The van der Waals surface area contributed by atoms with Gasteiger partial charge in [-0.05, 0) is 30.2 Å². The lowest BCUT2D eigenvalue weighted by atomic mass is 9.86. The van der Waals surface area contributed by atoms with E-state index in [1.54, 1.807) is 28.4 Å². The van der Waals surface area contributed by atoms with Gasteiger partial charge in [0.1, 0.15) is 17.2 Å². The van der Waals surface area contributed by atoms with Crippen LogP contribution in [0, 0.1) is 0 Å². The van der Waals surface area contributed by atoms with E-state index in [0.717, 1.165) is 17.5 Å². The van der Waals surface area contributed by atoms with Gasteiger partial charge in [-0.15, -0.1) is 0 Å². The van der Waals surface area contributed by atoms with Crippen LogP contribution < -0.4 is 29.4 Å². The van der Waals surface area contributed by atoms with E-state index in [4.69, 9.17) is 29.4 Å². The molecule has 3 rings (SSSR count). The van der Waals surface area contributed by atoms with Gasteiger partial charge < -0.3 is 29.4 Å². The lowest BCUT2D eigenvalue weighted by Gasteiger charge is -2.28. The van der Waals surface area contributed by atoms with Crippen LogP contribution in [-0.4, -0.2) is 35.0 Å². The van der Waals surface area contributed by atoms with Gasteiger partial charge in [0.2, 0.25) is 5.75 Å². The summed E-state index contributed by atoms with van der Waals surface area (Å²) in [5.74, 6) is 3.26. The molecule has 1 heterocycles.